The Labute approximate surface area is 168 Å². The molecule has 0 unspecified atom stereocenters. The quantitative estimate of drug-likeness (QED) is 0.423. The number of aryl methyl sites for hydroxylation is 2. The van der Waals surface area contributed by atoms with Gasteiger partial charge in [0.25, 0.3) is 5.56 Å². The minimum Gasteiger partial charge on any atom is -0.268 e. The average molecular weight is 383 g/mol. The zero-order valence-corrected chi connectivity index (χ0v) is 16.5. The van der Waals surface area contributed by atoms with Crippen LogP contribution in [0.25, 0.3) is 16.6 Å². The van der Waals surface area contributed by atoms with E-state index in [0.717, 1.165) is 28.1 Å². The lowest BCUT2D eigenvalue weighted by atomic mass is 10.1. The number of hydrogen-bond acceptors (Lipinski definition) is 5. The van der Waals surface area contributed by atoms with E-state index < -0.39 is 0 Å². The van der Waals surface area contributed by atoms with Crippen LogP contribution in [-0.4, -0.2) is 20.2 Å². The van der Waals surface area contributed by atoms with Crippen molar-refractivity contribution in [3.8, 4) is 5.69 Å². The highest BCUT2D eigenvalue weighted by molar-refractivity contribution is 5.98. The molecule has 0 radical (unpaired) electrons. The molecule has 2 heterocycles. The number of nitrogens with zero attached hydrogens (tertiary/aromatic N) is 4. The number of pyridine rings is 1. The van der Waals surface area contributed by atoms with E-state index in [1.807, 2.05) is 69.3 Å². The highest BCUT2D eigenvalue weighted by atomic mass is 16.1. The van der Waals surface area contributed by atoms with Gasteiger partial charge in [0.1, 0.15) is 0 Å². The molecule has 144 valence electrons. The molecular weight excluding hydrogens is 362 g/mol. The molecule has 0 aliphatic heterocycles. The third kappa shape index (κ3) is 3.65. The normalized spacial score (nSPS) is 11.6. The number of hydrogen-bond donors (Lipinski definition) is 1. The smallest absolute Gasteiger partial charge is 0.267 e. The summed E-state index contributed by atoms with van der Waals surface area (Å²) in [6.45, 7) is 5.89. The summed E-state index contributed by atoms with van der Waals surface area (Å²) in [5.74, 6) is 0.365. The van der Waals surface area contributed by atoms with E-state index in [1.165, 1.54) is 0 Å². The maximum atomic E-state index is 13.3. The van der Waals surface area contributed by atoms with Gasteiger partial charge in [-0.15, -0.1) is 0 Å². The number of benzene rings is 2. The summed E-state index contributed by atoms with van der Waals surface area (Å²) < 4.78 is 1.58. The van der Waals surface area contributed by atoms with E-state index in [4.69, 9.17) is 0 Å². The summed E-state index contributed by atoms with van der Waals surface area (Å²) in [6.07, 6.45) is 3.46. The minimum atomic E-state index is -0.140. The molecule has 6 heteroatoms. The maximum absolute atomic E-state index is 13.3. The predicted molar refractivity (Wildman–Crippen MR) is 117 cm³/mol. The molecule has 0 aliphatic carbocycles. The summed E-state index contributed by atoms with van der Waals surface area (Å²) in [6, 6.07) is 17.1. The predicted octanol–water partition coefficient (Wildman–Crippen LogP) is 4.23. The molecule has 4 aromatic rings. The van der Waals surface area contributed by atoms with Crippen molar-refractivity contribution < 1.29 is 0 Å². The Kier molecular flexibility index (Phi) is 4.91. The van der Waals surface area contributed by atoms with E-state index in [-0.39, 0.29) is 5.56 Å². The Morgan fingerprint density at radius 2 is 1.90 bits per heavy atom. The molecule has 0 saturated heterocycles. The third-order valence-corrected chi connectivity index (χ3v) is 4.77. The molecule has 1 N–H and O–H groups in total. The molecule has 2 aromatic carbocycles. The van der Waals surface area contributed by atoms with Crippen molar-refractivity contribution in [2.24, 2.45) is 5.10 Å². The standard InChI is InChI=1S/C23H21N5O/c1-15-10-11-21(16(2)13-15)28-22(29)19-8-4-5-9-20(19)25-23(28)27-26-17(3)18-7-6-12-24-14-18/h4-14H,1-3H3,(H,25,27)/b26-17-. The first-order chi connectivity index (χ1) is 14.0. The van der Waals surface area contributed by atoms with Gasteiger partial charge in [-0.3, -0.25) is 9.78 Å². The number of fused-ring (bicyclic) bond motifs is 1. The Morgan fingerprint density at radius 1 is 1.07 bits per heavy atom. The lowest BCUT2D eigenvalue weighted by Crippen LogP contribution is -2.23. The van der Waals surface area contributed by atoms with Crippen molar-refractivity contribution in [3.63, 3.8) is 0 Å². The van der Waals surface area contributed by atoms with Crippen LogP contribution < -0.4 is 11.0 Å². The number of para-hydroxylation sites is 1. The number of rotatable bonds is 4. The summed E-state index contributed by atoms with van der Waals surface area (Å²) >= 11 is 0. The van der Waals surface area contributed by atoms with Gasteiger partial charge in [0, 0.05) is 18.0 Å². The molecule has 0 amide bonds. The lowest BCUT2D eigenvalue weighted by Gasteiger charge is -2.15. The lowest BCUT2D eigenvalue weighted by molar-refractivity contribution is 0.945. The first-order valence-electron chi connectivity index (χ1n) is 9.35. The van der Waals surface area contributed by atoms with Gasteiger partial charge in [-0.1, -0.05) is 35.9 Å². The fourth-order valence-corrected chi connectivity index (χ4v) is 3.26. The molecule has 0 bridgehead atoms. The monoisotopic (exact) mass is 383 g/mol. The van der Waals surface area contributed by atoms with E-state index in [1.54, 1.807) is 23.0 Å². The van der Waals surface area contributed by atoms with Gasteiger partial charge in [-0.05, 0) is 50.6 Å². The molecule has 0 fully saturated rings. The van der Waals surface area contributed by atoms with Crippen LogP contribution in [0.5, 0.6) is 0 Å². The van der Waals surface area contributed by atoms with Gasteiger partial charge in [-0.25, -0.2) is 15.0 Å². The molecule has 0 atom stereocenters. The van der Waals surface area contributed by atoms with E-state index in [9.17, 15) is 4.79 Å². The van der Waals surface area contributed by atoms with Crippen LogP contribution in [0.2, 0.25) is 0 Å². The second-order valence-corrected chi connectivity index (χ2v) is 6.93. The van der Waals surface area contributed by atoms with E-state index in [2.05, 4.69) is 20.5 Å². The van der Waals surface area contributed by atoms with Crippen molar-refractivity contribution in [1.29, 1.82) is 0 Å². The van der Waals surface area contributed by atoms with Gasteiger partial charge >= 0.3 is 0 Å². The second-order valence-electron chi connectivity index (χ2n) is 6.93. The Morgan fingerprint density at radius 3 is 2.66 bits per heavy atom. The molecule has 2 aromatic heterocycles. The molecule has 4 rings (SSSR count). The van der Waals surface area contributed by atoms with Crippen LogP contribution in [0, 0.1) is 13.8 Å². The molecule has 6 nitrogen and oxygen atoms in total. The largest absolute Gasteiger partial charge is 0.268 e. The number of aromatic nitrogens is 3. The van der Waals surface area contributed by atoms with Gasteiger partial charge in [0.15, 0.2) is 0 Å². The van der Waals surface area contributed by atoms with Gasteiger partial charge in [0.2, 0.25) is 5.95 Å². The van der Waals surface area contributed by atoms with E-state index in [0.29, 0.717) is 16.9 Å². The molecule has 0 aliphatic rings. The average Bonchev–Trinajstić information content (AvgIpc) is 2.73. The van der Waals surface area contributed by atoms with Crippen molar-refractivity contribution in [1.82, 2.24) is 14.5 Å². The molecule has 29 heavy (non-hydrogen) atoms. The SMILES string of the molecule is C/C(=N/Nc1nc2ccccc2c(=O)n1-c1ccc(C)cc1C)c1cccnc1. The van der Waals surface area contributed by atoms with Crippen molar-refractivity contribution in [2.45, 2.75) is 20.8 Å². The molecule has 0 saturated carbocycles. The molecule has 0 spiro atoms. The van der Waals surface area contributed by atoms with Crippen LogP contribution in [0.1, 0.15) is 23.6 Å². The minimum absolute atomic E-state index is 0.140. The molecular formula is C23H21N5O. The van der Waals surface area contributed by atoms with E-state index >= 15 is 0 Å². The third-order valence-electron chi connectivity index (χ3n) is 4.77. The summed E-state index contributed by atoms with van der Waals surface area (Å²) in [7, 11) is 0. The Bertz CT molecular complexity index is 1280. The first-order valence-corrected chi connectivity index (χ1v) is 9.35. The number of hydrazone groups is 1. The van der Waals surface area contributed by atoms with Crippen LogP contribution in [0.3, 0.4) is 0 Å². The topological polar surface area (TPSA) is 72.2 Å². The summed E-state index contributed by atoms with van der Waals surface area (Å²) in [4.78, 5) is 22.1. The Hall–Kier alpha value is -3.80. The van der Waals surface area contributed by atoms with Crippen molar-refractivity contribution in [3.05, 3.63) is 94.0 Å². The van der Waals surface area contributed by atoms with Crippen LogP contribution in [-0.2, 0) is 0 Å². The second kappa shape index (κ2) is 7.67. The fraction of sp³-hybridized carbons (Fsp3) is 0.130. The number of anilines is 1. The van der Waals surface area contributed by atoms with Crippen LogP contribution in [0.4, 0.5) is 5.95 Å². The Balaban J connectivity index is 1.89. The summed E-state index contributed by atoms with van der Waals surface area (Å²) in [5, 5.41) is 5.01. The van der Waals surface area contributed by atoms with Crippen LogP contribution >= 0.6 is 0 Å². The maximum Gasteiger partial charge on any atom is 0.267 e. The van der Waals surface area contributed by atoms with Crippen LogP contribution in [0.15, 0.2) is 76.9 Å². The first kappa shape index (κ1) is 18.6. The zero-order chi connectivity index (χ0) is 20.4. The highest BCUT2D eigenvalue weighted by Crippen LogP contribution is 2.20. The van der Waals surface area contributed by atoms with Crippen molar-refractivity contribution in [2.75, 3.05) is 5.43 Å². The van der Waals surface area contributed by atoms with Gasteiger partial charge in [-0.2, -0.15) is 5.10 Å². The van der Waals surface area contributed by atoms with Gasteiger partial charge < -0.3 is 0 Å². The number of nitrogens with one attached hydrogen (secondary N) is 1. The van der Waals surface area contributed by atoms with Gasteiger partial charge in [0.05, 0.1) is 22.3 Å². The fourth-order valence-electron chi connectivity index (χ4n) is 3.26. The van der Waals surface area contributed by atoms with Crippen molar-refractivity contribution >= 4 is 22.6 Å². The highest BCUT2D eigenvalue weighted by Gasteiger charge is 2.14. The summed E-state index contributed by atoms with van der Waals surface area (Å²) in [5.41, 5.74) is 8.00. The zero-order valence-electron chi connectivity index (χ0n) is 16.5.